The Morgan fingerprint density at radius 2 is 2.12 bits per heavy atom. The molecule has 0 saturated heterocycles. The Hall–Kier alpha value is -3.08. The van der Waals surface area contributed by atoms with Gasteiger partial charge in [0.25, 0.3) is 5.91 Å². The number of carboxylic acids is 1. The number of fused-ring (bicyclic) bond motifs is 2. The maximum absolute atomic E-state index is 12.5. The van der Waals surface area contributed by atoms with Crippen molar-refractivity contribution in [3.05, 3.63) is 47.0 Å². The number of hydrogen-bond donors (Lipinski definition) is 4. The number of primary amides is 1. The molecule has 0 spiro atoms. The topological polar surface area (TPSA) is 130 Å². The highest BCUT2D eigenvalue weighted by Gasteiger charge is 2.53. The van der Waals surface area contributed by atoms with Crippen molar-refractivity contribution in [1.29, 1.82) is 0 Å². The van der Waals surface area contributed by atoms with Crippen molar-refractivity contribution in [3.8, 4) is 0 Å². The zero-order valence-electron chi connectivity index (χ0n) is 17.4. The van der Waals surface area contributed by atoms with Crippen molar-refractivity contribution in [2.75, 3.05) is 28.7 Å². The first kappa shape index (κ1) is 22.1. The summed E-state index contributed by atoms with van der Waals surface area (Å²) in [5, 5.41) is 17.1. The molecule has 2 atom stereocenters. The molecule has 5 N–H and O–H groups in total. The molecule has 168 valence electrons. The van der Waals surface area contributed by atoms with Crippen LogP contribution in [0.4, 0.5) is 16.5 Å². The monoisotopic (exact) mass is 475 g/mol. The zero-order chi connectivity index (χ0) is 23.0. The molecular formula is C21H22ClN5O4S. The van der Waals surface area contributed by atoms with E-state index in [0.717, 1.165) is 10.2 Å². The molecule has 1 aliphatic heterocycles. The summed E-state index contributed by atoms with van der Waals surface area (Å²) in [6.45, 7) is 4.39. The summed E-state index contributed by atoms with van der Waals surface area (Å²) in [6, 6.07) is 10.1. The van der Waals surface area contributed by atoms with Crippen LogP contribution in [0.1, 0.15) is 24.2 Å². The quantitative estimate of drug-likeness (QED) is 0.389. The average Bonchev–Trinajstić information content (AvgIpc) is 3.28. The Kier molecular flexibility index (Phi) is 5.85. The van der Waals surface area contributed by atoms with Crippen LogP contribution in [-0.2, 0) is 9.53 Å². The Bertz CT molecular complexity index is 1200. The van der Waals surface area contributed by atoms with Gasteiger partial charge in [0.1, 0.15) is 0 Å². The molecule has 0 saturated carbocycles. The number of carbonyl (C=O) groups is 2. The number of ether oxygens (including phenoxy) is 1. The van der Waals surface area contributed by atoms with Gasteiger partial charge in [0.2, 0.25) is 5.79 Å². The molecule has 4 rings (SSSR count). The highest BCUT2D eigenvalue weighted by Crippen LogP contribution is 2.44. The van der Waals surface area contributed by atoms with Gasteiger partial charge in [-0.05, 0) is 50.2 Å². The van der Waals surface area contributed by atoms with E-state index < -0.39 is 23.8 Å². The molecule has 0 radical (unpaired) electrons. The zero-order valence-corrected chi connectivity index (χ0v) is 19.0. The third kappa shape index (κ3) is 3.70. The van der Waals surface area contributed by atoms with Gasteiger partial charge in [0, 0.05) is 18.2 Å². The fourth-order valence-electron chi connectivity index (χ4n) is 3.95. The van der Waals surface area contributed by atoms with Gasteiger partial charge in [-0.1, -0.05) is 22.9 Å². The SMILES string of the molecule is CCOC(C(N)=O)C1(Nc2nc3ccc(Cl)cc3s2)Nc2cc(C(=O)O)ccc2N1CC. The molecule has 32 heavy (non-hydrogen) atoms. The van der Waals surface area contributed by atoms with Crippen LogP contribution in [0.25, 0.3) is 10.2 Å². The molecule has 2 unspecified atom stereocenters. The van der Waals surface area contributed by atoms with E-state index in [1.54, 1.807) is 19.1 Å². The molecule has 1 aromatic heterocycles. The van der Waals surface area contributed by atoms with Crippen molar-refractivity contribution in [2.24, 2.45) is 5.73 Å². The second-order valence-electron chi connectivity index (χ2n) is 7.17. The third-order valence-electron chi connectivity index (χ3n) is 5.22. The van der Waals surface area contributed by atoms with E-state index in [1.807, 2.05) is 24.0 Å². The Morgan fingerprint density at radius 3 is 2.78 bits per heavy atom. The van der Waals surface area contributed by atoms with Crippen molar-refractivity contribution in [3.63, 3.8) is 0 Å². The lowest BCUT2D eigenvalue weighted by atomic mass is 10.1. The van der Waals surface area contributed by atoms with E-state index in [-0.39, 0.29) is 12.2 Å². The molecule has 0 aliphatic carbocycles. The summed E-state index contributed by atoms with van der Waals surface area (Å²) in [5.41, 5.74) is 7.87. The third-order valence-corrected chi connectivity index (χ3v) is 6.39. The highest BCUT2D eigenvalue weighted by molar-refractivity contribution is 7.22. The molecule has 3 aromatic rings. The number of nitrogens with zero attached hydrogens (tertiary/aromatic N) is 2. The first-order valence-electron chi connectivity index (χ1n) is 9.97. The highest BCUT2D eigenvalue weighted by atomic mass is 35.5. The lowest BCUT2D eigenvalue weighted by molar-refractivity contribution is -0.132. The van der Waals surface area contributed by atoms with Crippen LogP contribution >= 0.6 is 22.9 Å². The number of aromatic carboxylic acids is 1. The first-order valence-corrected chi connectivity index (χ1v) is 11.2. The summed E-state index contributed by atoms with van der Waals surface area (Å²) < 4.78 is 6.66. The number of hydrogen-bond acceptors (Lipinski definition) is 8. The van der Waals surface area contributed by atoms with E-state index in [2.05, 4.69) is 15.6 Å². The van der Waals surface area contributed by atoms with E-state index in [4.69, 9.17) is 22.1 Å². The molecule has 1 amide bonds. The minimum atomic E-state index is -1.33. The number of rotatable bonds is 8. The van der Waals surface area contributed by atoms with Gasteiger partial charge in [-0.3, -0.25) is 4.79 Å². The minimum Gasteiger partial charge on any atom is -0.478 e. The van der Waals surface area contributed by atoms with Crippen molar-refractivity contribution in [2.45, 2.75) is 25.7 Å². The predicted octanol–water partition coefficient (Wildman–Crippen LogP) is 3.56. The largest absolute Gasteiger partial charge is 0.478 e. The van der Waals surface area contributed by atoms with Crippen LogP contribution in [0.5, 0.6) is 0 Å². The number of thiazole rings is 1. The number of amides is 1. The second kappa shape index (κ2) is 8.45. The molecule has 2 heterocycles. The van der Waals surface area contributed by atoms with Gasteiger partial charge in [-0.2, -0.15) is 0 Å². The number of carboxylic acid groups (broad SMARTS) is 1. The number of anilines is 3. The number of likely N-dealkylation sites (N-methyl/N-ethyl adjacent to an activating group) is 1. The van der Waals surface area contributed by atoms with Crippen LogP contribution in [0.3, 0.4) is 0 Å². The maximum atomic E-state index is 12.5. The van der Waals surface area contributed by atoms with Gasteiger partial charge in [0.05, 0.1) is 27.2 Å². The van der Waals surface area contributed by atoms with Crippen LogP contribution < -0.4 is 21.3 Å². The Morgan fingerprint density at radius 1 is 1.34 bits per heavy atom. The van der Waals surface area contributed by atoms with E-state index in [9.17, 15) is 14.7 Å². The molecule has 2 aromatic carbocycles. The number of carbonyl (C=O) groups excluding carboxylic acids is 1. The van der Waals surface area contributed by atoms with Crippen LogP contribution in [-0.4, -0.2) is 47.0 Å². The number of nitrogens with two attached hydrogens (primary N) is 1. The predicted molar refractivity (Wildman–Crippen MR) is 126 cm³/mol. The normalized spacial score (nSPS) is 18.3. The van der Waals surface area contributed by atoms with Crippen molar-refractivity contribution in [1.82, 2.24) is 4.98 Å². The minimum absolute atomic E-state index is 0.116. The molecule has 0 fully saturated rings. The van der Waals surface area contributed by atoms with Crippen molar-refractivity contribution >= 4 is 61.5 Å². The smallest absolute Gasteiger partial charge is 0.335 e. The summed E-state index contributed by atoms with van der Waals surface area (Å²) in [7, 11) is 0. The van der Waals surface area contributed by atoms with Gasteiger partial charge < -0.3 is 31.1 Å². The standard InChI is InChI=1S/C21H22ClN5O4S/c1-3-27-15-8-5-11(19(29)30)9-14(15)25-21(27,17(18(23)28)31-4-2)26-20-24-13-7-6-12(22)10-16(13)32-20/h5-10,17,25H,3-4H2,1-2H3,(H2,23,28)(H,24,26)(H,29,30). The van der Waals surface area contributed by atoms with Crippen molar-refractivity contribution < 1.29 is 19.4 Å². The first-order chi connectivity index (χ1) is 15.3. The number of aromatic nitrogens is 1. The summed E-state index contributed by atoms with van der Waals surface area (Å²) >= 11 is 7.48. The number of benzene rings is 2. The second-order valence-corrected chi connectivity index (χ2v) is 8.63. The number of nitrogens with one attached hydrogen (secondary N) is 2. The Labute approximate surface area is 193 Å². The van der Waals surface area contributed by atoms with Gasteiger partial charge in [-0.25, -0.2) is 9.78 Å². The van der Waals surface area contributed by atoms with E-state index >= 15 is 0 Å². The lowest BCUT2D eigenvalue weighted by Gasteiger charge is -2.43. The lowest BCUT2D eigenvalue weighted by Crippen LogP contribution is -2.68. The van der Waals surface area contributed by atoms with E-state index in [1.165, 1.54) is 23.5 Å². The molecule has 0 bridgehead atoms. The maximum Gasteiger partial charge on any atom is 0.335 e. The summed E-state index contributed by atoms with van der Waals surface area (Å²) in [4.78, 5) is 30.5. The van der Waals surface area contributed by atoms with Crippen LogP contribution in [0, 0.1) is 0 Å². The van der Waals surface area contributed by atoms with Gasteiger partial charge >= 0.3 is 5.97 Å². The fraction of sp³-hybridized carbons (Fsp3) is 0.286. The van der Waals surface area contributed by atoms with Crippen LogP contribution in [0.2, 0.25) is 5.02 Å². The molecule has 11 heteroatoms. The molecular weight excluding hydrogens is 454 g/mol. The molecule has 9 nitrogen and oxygen atoms in total. The van der Waals surface area contributed by atoms with Crippen LogP contribution in [0.15, 0.2) is 36.4 Å². The van der Waals surface area contributed by atoms with E-state index in [0.29, 0.717) is 28.1 Å². The van der Waals surface area contributed by atoms with Gasteiger partial charge in [-0.15, -0.1) is 0 Å². The Balaban J connectivity index is 1.85. The average molecular weight is 476 g/mol. The molecule has 1 aliphatic rings. The summed E-state index contributed by atoms with van der Waals surface area (Å²) in [6.07, 6.45) is -1.12. The summed E-state index contributed by atoms with van der Waals surface area (Å²) in [5.74, 6) is -3.06. The van der Waals surface area contributed by atoms with Gasteiger partial charge in [0.15, 0.2) is 11.2 Å². The fourth-order valence-corrected chi connectivity index (χ4v) is 5.15. The number of halogens is 1.